The first-order chi connectivity index (χ1) is 30.2. The van der Waals surface area contributed by atoms with Gasteiger partial charge in [-0.1, -0.05) is 296 Å². The van der Waals surface area contributed by atoms with Gasteiger partial charge in [0.1, 0.15) is 0 Å². The minimum atomic E-state index is -0.655. The fourth-order valence-corrected chi connectivity index (χ4v) is 9.18. The quantitative estimate of drug-likeness (QED) is 0.0421. The van der Waals surface area contributed by atoms with Gasteiger partial charge in [0.25, 0.3) is 0 Å². The van der Waals surface area contributed by atoms with Gasteiger partial charge in [-0.05, 0) is 38.5 Å². The highest BCUT2D eigenvalue weighted by Crippen LogP contribution is 2.18. The van der Waals surface area contributed by atoms with E-state index >= 15 is 0 Å². The van der Waals surface area contributed by atoms with Gasteiger partial charge in [-0.15, -0.1) is 0 Å². The van der Waals surface area contributed by atoms with Crippen LogP contribution in [0.4, 0.5) is 0 Å². The number of aliphatic hydroxyl groups excluding tert-OH is 2. The summed E-state index contributed by atoms with van der Waals surface area (Å²) in [5.41, 5.74) is 0. The van der Waals surface area contributed by atoms with Gasteiger partial charge in [0.15, 0.2) is 0 Å². The molecule has 0 rings (SSSR count). The third-order valence-corrected chi connectivity index (χ3v) is 13.5. The van der Waals surface area contributed by atoms with Crippen molar-refractivity contribution in [1.82, 2.24) is 5.32 Å². The summed E-state index contributed by atoms with van der Waals surface area (Å²) < 4.78 is 0. The Kier molecular flexibility index (Phi) is 52.7. The molecule has 2 atom stereocenters. The second-order valence-electron chi connectivity index (χ2n) is 19.7. The van der Waals surface area contributed by atoms with Crippen molar-refractivity contribution in [2.24, 2.45) is 0 Å². The number of nitrogens with one attached hydrogen (secondary N) is 1. The van der Waals surface area contributed by atoms with Crippen molar-refractivity contribution >= 4 is 5.91 Å². The maximum atomic E-state index is 12.5. The molecule has 4 heteroatoms. The first-order valence-electron chi connectivity index (χ1n) is 28.4. The predicted octanol–water partition coefficient (Wildman–Crippen LogP) is 18.5. The Hall–Kier alpha value is -0.870. The molecular weight excluding hydrogens is 747 g/mol. The fraction of sp³-hybridized carbons (Fsp3) is 0.947. The number of allylic oxidation sites excluding steroid dienone is 2. The van der Waals surface area contributed by atoms with Crippen LogP contribution in [-0.4, -0.2) is 34.9 Å². The van der Waals surface area contributed by atoms with Gasteiger partial charge >= 0.3 is 0 Å². The molecule has 0 bridgehead atoms. The molecule has 0 aliphatic heterocycles. The third kappa shape index (κ3) is 50.0. The van der Waals surface area contributed by atoms with Crippen LogP contribution in [0.25, 0.3) is 0 Å². The summed E-state index contributed by atoms with van der Waals surface area (Å²) in [5, 5.41) is 23.3. The van der Waals surface area contributed by atoms with Crippen LogP contribution in [0.3, 0.4) is 0 Å². The summed E-state index contributed by atoms with van der Waals surface area (Å²) in [7, 11) is 0. The summed E-state index contributed by atoms with van der Waals surface area (Å²) in [5.74, 6) is -0.0244. The highest BCUT2D eigenvalue weighted by molar-refractivity contribution is 5.76. The zero-order valence-corrected chi connectivity index (χ0v) is 42.0. The Balaban J connectivity index is 3.35. The second kappa shape index (κ2) is 53.5. The predicted molar refractivity (Wildman–Crippen MR) is 272 cm³/mol. The first-order valence-corrected chi connectivity index (χ1v) is 28.4. The Bertz CT molecular complexity index is 844. The van der Waals surface area contributed by atoms with Crippen LogP contribution in [0, 0.1) is 0 Å². The molecule has 364 valence electrons. The number of carbonyl (C=O) groups excluding carboxylic acids is 1. The number of hydrogen-bond donors (Lipinski definition) is 3. The van der Waals surface area contributed by atoms with Crippen LogP contribution < -0.4 is 5.32 Å². The van der Waals surface area contributed by atoms with E-state index in [9.17, 15) is 15.0 Å². The Morgan fingerprint density at radius 2 is 0.623 bits per heavy atom. The van der Waals surface area contributed by atoms with Crippen molar-refractivity contribution in [2.45, 2.75) is 341 Å². The first kappa shape index (κ1) is 60.1. The average Bonchev–Trinajstić information content (AvgIpc) is 3.26. The molecule has 0 aromatic carbocycles. The van der Waals surface area contributed by atoms with Gasteiger partial charge in [0.2, 0.25) is 5.91 Å². The van der Waals surface area contributed by atoms with E-state index in [4.69, 9.17) is 0 Å². The van der Waals surface area contributed by atoms with E-state index in [0.717, 1.165) is 25.7 Å². The molecule has 0 aromatic heterocycles. The lowest BCUT2D eigenvalue weighted by Gasteiger charge is -2.22. The summed E-state index contributed by atoms with van der Waals surface area (Å²) >= 11 is 0. The smallest absolute Gasteiger partial charge is 0.220 e. The molecule has 0 radical (unpaired) electrons. The molecule has 61 heavy (non-hydrogen) atoms. The molecule has 0 aromatic rings. The molecule has 0 saturated carbocycles. The van der Waals surface area contributed by atoms with Crippen LogP contribution in [0.15, 0.2) is 12.2 Å². The number of carbonyl (C=O) groups is 1. The van der Waals surface area contributed by atoms with Crippen molar-refractivity contribution in [3.8, 4) is 0 Å². The van der Waals surface area contributed by atoms with E-state index in [0.29, 0.717) is 12.8 Å². The van der Waals surface area contributed by atoms with E-state index in [-0.39, 0.29) is 12.5 Å². The highest BCUT2D eigenvalue weighted by atomic mass is 16.3. The normalized spacial score (nSPS) is 12.8. The molecule has 0 saturated heterocycles. The summed E-state index contributed by atoms with van der Waals surface area (Å²) in [4.78, 5) is 12.5. The summed E-state index contributed by atoms with van der Waals surface area (Å²) in [6.45, 7) is 4.39. The van der Waals surface area contributed by atoms with Gasteiger partial charge in [-0.2, -0.15) is 0 Å². The Morgan fingerprint density at radius 3 is 0.902 bits per heavy atom. The molecule has 0 aliphatic rings. The van der Waals surface area contributed by atoms with E-state index in [1.54, 1.807) is 0 Å². The number of amides is 1. The molecule has 2 unspecified atom stereocenters. The SMILES string of the molecule is CCCCCCCCCC/C=C\CCCCCCCCCCCCCCCCCCCCCCCCCC(=O)NC(CO)C(O)CCCCCCCCCCCCCCCC. The van der Waals surface area contributed by atoms with Crippen molar-refractivity contribution in [1.29, 1.82) is 0 Å². The molecule has 1 amide bonds. The van der Waals surface area contributed by atoms with Crippen LogP contribution in [0.1, 0.15) is 328 Å². The zero-order chi connectivity index (χ0) is 44.2. The largest absolute Gasteiger partial charge is 0.394 e. The van der Waals surface area contributed by atoms with Crippen LogP contribution in [0.2, 0.25) is 0 Å². The fourth-order valence-electron chi connectivity index (χ4n) is 9.18. The monoisotopic (exact) mass is 860 g/mol. The molecule has 0 fully saturated rings. The maximum absolute atomic E-state index is 12.5. The van der Waals surface area contributed by atoms with Gasteiger partial charge in [0, 0.05) is 6.42 Å². The lowest BCUT2D eigenvalue weighted by molar-refractivity contribution is -0.123. The van der Waals surface area contributed by atoms with Crippen LogP contribution >= 0.6 is 0 Å². The van der Waals surface area contributed by atoms with Crippen molar-refractivity contribution in [3.63, 3.8) is 0 Å². The minimum Gasteiger partial charge on any atom is -0.394 e. The van der Waals surface area contributed by atoms with E-state index < -0.39 is 12.1 Å². The minimum absolute atomic E-state index is 0.0244. The van der Waals surface area contributed by atoms with Crippen molar-refractivity contribution < 1.29 is 15.0 Å². The third-order valence-electron chi connectivity index (χ3n) is 13.5. The zero-order valence-electron chi connectivity index (χ0n) is 42.0. The van der Waals surface area contributed by atoms with E-state index in [1.807, 2.05) is 0 Å². The topological polar surface area (TPSA) is 69.6 Å². The average molecular weight is 861 g/mol. The van der Waals surface area contributed by atoms with Crippen LogP contribution in [-0.2, 0) is 4.79 Å². The summed E-state index contributed by atoms with van der Waals surface area (Å²) in [6, 6.07) is -0.531. The van der Waals surface area contributed by atoms with Gasteiger partial charge in [0.05, 0.1) is 18.8 Å². The van der Waals surface area contributed by atoms with Crippen LogP contribution in [0.5, 0.6) is 0 Å². The summed E-state index contributed by atoms with van der Waals surface area (Å²) in [6.07, 6.45) is 69.3. The van der Waals surface area contributed by atoms with Gasteiger partial charge < -0.3 is 15.5 Å². The molecule has 3 N–H and O–H groups in total. The molecule has 0 aliphatic carbocycles. The maximum Gasteiger partial charge on any atom is 0.220 e. The number of unbranched alkanes of at least 4 members (excludes halogenated alkanes) is 44. The lowest BCUT2D eigenvalue weighted by Crippen LogP contribution is -2.45. The van der Waals surface area contributed by atoms with E-state index in [1.165, 1.54) is 276 Å². The highest BCUT2D eigenvalue weighted by Gasteiger charge is 2.20. The molecule has 4 nitrogen and oxygen atoms in total. The van der Waals surface area contributed by atoms with Crippen molar-refractivity contribution in [2.75, 3.05) is 6.61 Å². The standard InChI is InChI=1S/C57H113NO3/c1-3-5-7-9-11-13-15-17-19-20-21-22-23-24-25-26-27-28-29-30-31-32-33-34-35-36-37-38-39-41-43-45-47-49-51-53-57(61)58-55(54-59)56(60)52-50-48-46-44-42-40-18-16-14-12-10-8-6-4-2/h20-21,55-56,59-60H,3-19,22-54H2,1-2H3,(H,58,61)/b21-20-. The van der Waals surface area contributed by atoms with Gasteiger partial charge in [-0.25, -0.2) is 0 Å². The molecule has 0 heterocycles. The Labute approximate surface area is 384 Å². The number of hydrogen-bond acceptors (Lipinski definition) is 3. The van der Waals surface area contributed by atoms with Crippen molar-refractivity contribution in [3.05, 3.63) is 12.2 Å². The Morgan fingerprint density at radius 1 is 0.377 bits per heavy atom. The van der Waals surface area contributed by atoms with Gasteiger partial charge in [-0.3, -0.25) is 4.79 Å². The number of aliphatic hydroxyl groups is 2. The lowest BCUT2D eigenvalue weighted by atomic mass is 10.0. The number of rotatable bonds is 53. The molecule has 0 spiro atoms. The molecular formula is C57H113NO3. The van der Waals surface area contributed by atoms with E-state index in [2.05, 4.69) is 31.3 Å². The second-order valence-corrected chi connectivity index (χ2v) is 19.7.